The summed E-state index contributed by atoms with van der Waals surface area (Å²) in [5.41, 5.74) is 6.40. The van der Waals surface area contributed by atoms with Crippen LogP contribution in [0.5, 0.6) is 0 Å². The van der Waals surface area contributed by atoms with Crippen molar-refractivity contribution >= 4 is 35.1 Å². The Morgan fingerprint density at radius 2 is 1.59 bits per heavy atom. The van der Waals surface area contributed by atoms with Gasteiger partial charge < -0.3 is 25.3 Å². The summed E-state index contributed by atoms with van der Waals surface area (Å²) in [4.78, 5) is 44.9. The Labute approximate surface area is 300 Å². The fraction of sp³-hybridized carbons (Fsp3) is 0.375. The van der Waals surface area contributed by atoms with E-state index in [4.69, 9.17) is 0 Å². The molecule has 0 saturated carbocycles. The van der Waals surface area contributed by atoms with Crippen molar-refractivity contribution in [2.75, 3.05) is 53.1 Å². The van der Waals surface area contributed by atoms with E-state index in [0.29, 0.717) is 50.0 Å². The van der Waals surface area contributed by atoms with Crippen LogP contribution in [0.2, 0.25) is 0 Å². The number of carbonyl (C=O) groups is 3. The monoisotopic (exact) mass is 688 g/mol. The first-order chi connectivity index (χ1) is 24.3. The Kier molecular flexibility index (Phi) is 11.3. The van der Waals surface area contributed by atoms with Crippen molar-refractivity contribution in [2.24, 2.45) is 0 Å². The lowest BCUT2D eigenvalue weighted by molar-refractivity contribution is -0.130. The lowest BCUT2D eigenvalue weighted by Crippen LogP contribution is -2.50. The summed E-state index contributed by atoms with van der Waals surface area (Å²) in [6.45, 7) is 7.16. The van der Waals surface area contributed by atoms with E-state index >= 15 is 0 Å². The zero-order valence-corrected chi connectivity index (χ0v) is 30.2. The van der Waals surface area contributed by atoms with Crippen LogP contribution < -0.4 is 16.0 Å². The van der Waals surface area contributed by atoms with Gasteiger partial charge in [-0.15, -0.1) is 0 Å². The number of hydrogen-bond donors (Lipinski definition) is 4. The van der Waals surface area contributed by atoms with Crippen molar-refractivity contribution in [3.05, 3.63) is 106 Å². The van der Waals surface area contributed by atoms with Gasteiger partial charge >= 0.3 is 6.03 Å². The van der Waals surface area contributed by atoms with Gasteiger partial charge in [-0.05, 0) is 104 Å². The van der Waals surface area contributed by atoms with Gasteiger partial charge in [0, 0.05) is 51.7 Å². The normalized spacial score (nSPS) is 17.6. The molecule has 1 fully saturated rings. The second-order valence-corrected chi connectivity index (χ2v) is 13.8. The lowest BCUT2D eigenvalue weighted by atomic mass is 9.68. The SMILES string of the molecule is C=C(c1ccc2c(c1)CCc1cc(C(=O)N(C)C)ccc1C2(CCNCC(=O)N1CCCC1C#N)C(=N)NC(=O)Nc1ccc(C)cc1)N(C)C. The quantitative estimate of drug-likeness (QED) is 0.135. The van der Waals surface area contributed by atoms with Gasteiger partial charge in [0.25, 0.3) is 5.91 Å². The first kappa shape index (κ1) is 36.8. The molecule has 4 amide bonds. The van der Waals surface area contributed by atoms with E-state index in [9.17, 15) is 25.1 Å². The van der Waals surface area contributed by atoms with Crippen molar-refractivity contribution in [3.63, 3.8) is 0 Å². The molecule has 1 aliphatic heterocycles. The Balaban J connectivity index is 1.58. The smallest absolute Gasteiger partial charge is 0.324 e. The van der Waals surface area contributed by atoms with Gasteiger partial charge in [-0.25, -0.2) is 4.79 Å². The van der Waals surface area contributed by atoms with Gasteiger partial charge in [-0.2, -0.15) is 5.26 Å². The molecule has 11 nitrogen and oxygen atoms in total. The highest BCUT2D eigenvalue weighted by molar-refractivity contribution is 6.08. The summed E-state index contributed by atoms with van der Waals surface area (Å²) in [6.07, 6.45) is 3.04. The Hall–Kier alpha value is -5.47. The fourth-order valence-electron chi connectivity index (χ4n) is 7.13. The number of nitriles is 1. The van der Waals surface area contributed by atoms with Crippen molar-refractivity contribution in [1.82, 2.24) is 25.3 Å². The number of anilines is 1. The molecule has 0 bridgehead atoms. The molecule has 2 aliphatic rings. The van der Waals surface area contributed by atoms with Gasteiger partial charge in [0.15, 0.2) is 0 Å². The molecule has 1 aliphatic carbocycles. The largest absolute Gasteiger partial charge is 0.378 e. The summed E-state index contributed by atoms with van der Waals surface area (Å²) in [5.74, 6) is -0.295. The van der Waals surface area contributed by atoms with E-state index < -0.39 is 17.5 Å². The van der Waals surface area contributed by atoms with Gasteiger partial charge in [0.1, 0.15) is 11.9 Å². The number of benzene rings is 3. The Morgan fingerprint density at radius 1 is 0.961 bits per heavy atom. The molecular formula is C40H48N8O3. The molecule has 0 aromatic heterocycles. The van der Waals surface area contributed by atoms with Gasteiger partial charge in [-0.1, -0.05) is 42.5 Å². The van der Waals surface area contributed by atoms with E-state index in [1.54, 1.807) is 25.1 Å². The first-order valence-electron chi connectivity index (χ1n) is 17.3. The highest BCUT2D eigenvalue weighted by atomic mass is 16.2. The van der Waals surface area contributed by atoms with E-state index in [1.165, 1.54) is 4.90 Å². The first-order valence-corrected chi connectivity index (χ1v) is 17.3. The predicted octanol–water partition coefficient (Wildman–Crippen LogP) is 4.91. The Morgan fingerprint density at radius 3 is 2.20 bits per heavy atom. The van der Waals surface area contributed by atoms with Crippen LogP contribution in [0.1, 0.15) is 63.0 Å². The molecule has 3 aromatic rings. The molecule has 0 spiro atoms. The second kappa shape index (κ2) is 15.6. The maximum Gasteiger partial charge on any atom is 0.324 e. The van der Waals surface area contributed by atoms with Gasteiger partial charge in [0.05, 0.1) is 18.0 Å². The highest BCUT2D eigenvalue weighted by Gasteiger charge is 2.44. The molecule has 2 atom stereocenters. The number of fused-ring (bicyclic) bond motifs is 2. The number of nitrogens with zero attached hydrogens (tertiary/aromatic N) is 4. The summed E-state index contributed by atoms with van der Waals surface area (Å²) in [5, 5.41) is 28.3. The molecule has 1 saturated heterocycles. The average Bonchev–Trinajstić information content (AvgIpc) is 3.55. The zero-order valence-electron chi connectivity index (χ0n) is 30.2. The van der Waals surface area contributed by atoms with Crippen molar-refractivity contribution in [3.8, 4) is 6.07 Å². The minimum atomic E-state index is -1.16. The summed E-state index contributed by atoms with van der Waals surface area (Å²) in [6, 6.07) is 20.4. The van der Waals surface area contributed by atoms with Crippen LogP contribution in [0.15, 0.2) is 67.2 Å². The molecule has 3 aromatic carbocycles. The van der Waals surface area contributed by atoms with Crippen molar-refractivity contribution < 1.29 is 14.4 Å². The van der Waals surface area contributed by atoms with Crippen LogP contribution in [-0.2, 0) is 23.1 Å². The van der Waals surface area contributed by atoms with Crippen LogP contribution in [0.25, 0.3) is 5.70 Å². The summed E-state index contributed by atoms with van der Waals surface area (Å²) in [7, 11) is 7.32. The number of aryl methyl sites for hydroxylation is 3. The molecular weight excluding hydrogens is 640 g/mol. The van der Waals surface area contributed by atoms with E-state index in [2.05, 4.69) is 34.7 Å². The molecule has 11 heteroatoms. The lowest BCUT2D eigenvalue weighted by Gasteiger charge is -2.38. The van der Waals surface area contributed by atoms with Crippen LogP contribution in [0.3, 0.4) is 0 Å². The molecule has 4 N–H and O–H groups in total. The summed E-state index contributed by atoms with van der Waals surface area (Å²) >= 11 is 0. The van der Waals surface area contributed by atoms with Gasteiger partial charge in [-0.3, -0.25) is 20.3 Å². The number of nitrogens with one attached hydrogen (secondary N) is 4. The second-order valence-electron chi connectivity index (χ2n) is 13.8. The van der Waals surface area contributed by atoms with Crippen LogP contribution in [-0.4, -0.2) is 92.2 Å². The number of amidine groups is 1. The highest BCUT2D eigenvalue weighted by Crippen LogP contribution is 2.44. The standard InChI is InChI=1S/C40H48N8O3/c1-26-9-15-32(16-10-26)44-39(51)45-38(42)40(19-20-43-25-36(49)48-21-7-8-33(48)24-41)34-17-13-28(27(2)46(3)4)22-29(34)11-12-30-23-31(14-18-35(30)40)37(50)47(5)6/h9-10,13-18,22-23,33,43H,2,7-8,11-12,19-21,25H2,1,3-6H3,(H3,42,44,45,51). The Bertz CT molecular complexity index is 1800. The third kappa shape index (κ3) is 7.81. The number of amides is 4. The minimum absolute atomic E-state index is 0.0282. The number of carbonyl (C=O) groups excluding carboxylic acids is 3. The molecule has 266 valence electrons. The number of rotatable bonds is 10. The minimum Gasteiger partial charge on any atom is -0.378 e. The zero-order chi connectivity index (χ0) is 36.9. The van der Waals surface area contributed by atoms with Crippen molar-refractivity contribution in [1.29, 1.82) is 10.7 Å². The molecule has 0 radical (unpaired) electrons. The van der Waals surface area contributed by atoms with E-state index in [0.717, 1.165) is 45.5 Å². The van der Waals surface area contributed by atoms with Crippen molar-refractivity contribution in [2.45, 2.75) is 50.5 Å². The topological polar surface area (TPSA) is 145 Å². The van der Waals surface area contributed by atoms with E-state index in [1.807, 2.05) is 74.4 Å². The van der Waals surface area contributed by atoms with E-state index in [-0.39, 0.29) is 24.2 Å². The van der Waals surface area contributed by atoms with Crippen LogP contribution in [0, 0.1) is 23.7 Å². The maximum absolute atomic E-state index is 13.5. The third-order valence-corrected chi connectivity index (χ3v) is 9.97. The molecule has 51 heavy (non-hydrogen) atoms. The number of urea groups is 1. The third-order valence-electron chi connectivity index (χ3n) is 9.97. The molecule has 2 unspecified atom stereocenters. The predicted molar refractivity (Wildman–Crippen MR) is 201 cm³/mol. The number of likely N-dealkylation sites (tertiary alicyclic amines) is 1. The fourth-order valence-corrected chi connectivity index (χ4v) is 7.13. The summed E-state index contributed by atoms with van der Waals surface area (Å²) < 4.78 is 0. The molecule has 5 rings (SSSR count). The average molecular weight is 689 g/mol. The maximum atomic E-state index is 13.5. The molecule has 1 heterocycles. The number of hydrogen-bond acceptors (Lipinski definition) is 7. The van der Waals surface area contributed by atoms with Crippen LogP contribution in [0.4, 0.5) is 10.5 Å². The van der Waals surface area contributed by atoms with Crippen LogP contribution >= 0.6 is 0 Å². The van der Waals surface area contributed by atoms with Gasteiger partial charge in [0.2, 0.25) is 5.91 Å².